The standard InChI is InChI=1S/C54H72N12/c1-2-56-26-44-15-47-18-48(16-44)30-60-8-10-64(41-60)34-52-20-50-22-54(24-52)36-66-12-11-65(42-66)35-53-21-49(19-51(23-53)33-63-9-7-59(29-47)40-63)31-61-5-3-57(38-61)27-45-13-43(25-55(1)37-56)14-46(17-45)28-58-4-6-62(32-50)39-58/h13-24H,1-12,25-42H2. The number of hydrogen-bond acceptors (Lipinski definition) is 12. The summed E-state index contributed by atoms with van der Waals surface area (Å²) in [6, 6.07) is 30.7. The molecule has 0 saturated carbocycles. The topological polar surface area (TPSA) is 38.9 Å². The first-order valence-corrected chi connectivity index (χ1v) is 25.6. The van der Waals surface area contributed by atoms with E-state index in [9.17, 15) is 0 Å². The van der Waals surface area contributed by atoms with Gasteiger partial charge in [-0.05, 0) is 66.8 Å². The van der Waals surface area contributed by atoms with Crippen LogP contribution in [0.25, 0.3) is 0 Å². The van der Waals surface area contributed by atoms with E-state index in [4.69, 9.17) is 0 Å². The highest BCUT2D eigenvalue weighted by Crippen LogP contribution is 2.28. The second-order valence-electron chi connectivity index (χ2n) is 22.1. The molecule has 10 aliphatic rings. The van der Waals surface area contributed by atoms with Gasteiger partial charge in [0.25, 0.3) is 0 Å². The lowest BCUT2D eigenvalue weighted by molar-refractivity contribution is 0.226. The third kappa shape index (κ3) is 9.94. The first-order valence-electron chi connectivity index (χ1n) is 25.6. The van der Waals surface area contributed by atoms with Crippen LogP contribution in [0.5, 0.6) is 0 Å². The van der Waals surface area contributed by atoms with Crippen LogP contribution in [-0.4, -0.2) is 177 Å². The van der Waals surface area contributed by atoms with E-state index in [0.717, 1.165) is 197 Å². The molecule has 14 rings (SSSR count). The molecule has 0 N–H and O–H groups in total. The molecule has 24 bridgehead atoms. The maximum atomic E-state index is 2.71. The summed E-state index contributed by atoms with van der Waals surface area (Å²) in [6.45, 7) is 31.9. The lowest BCUT2D eigenvalue weighted by atomic mass is 10.0. The van der Waals surface area contributed by atoms with E-state index in [1.807, 2.05) is 0 Å². The van der Waals surface area contributed by atoms with Gasteiger partial charge in [0.15, 0.2) is 0 Å². The fourth-order valence-corrected chi connectivity index (χ4v) is 13.3. The monoisotopic (exact) mass is 889 g/mol. The van der Waals surface area contributed by atoms with E-state index in [1.165, 1.54) is 66.8 Å². The Labute approximate surface area is 394 Å². The zero-order valence-electron chi connectivity index (χ0n) is 39.5. The van der Waals surface area contributed by atoms with Crippen molar-refractivity contribution in [3.8, 4) is 0 Å². The molecule has 0 amide bonds. The predicted octanol–water partition coefficient (Wildman–Crippen LogP) is 4.28. The Morgan fingerprint density at radius 1 is 0.152 bits per heavy atom. The molecule has 0 radical (unpaired) electrons. The Morgan fingerprint density at radius 2 is 0.242 bits per heavy atom. The Bertz CT molecular complexity index is 1770. The molecule has 0 spiro atoms. The van der Waals surface area contributed by atoms with Crippen molar-refractivity contribution in [2.45, 2.75) is 78.5 Å². The minimum Gasteiger partial charge on any atom is -0.285 e. The fourth-order valence-electron chi connectivity index (χ4n) is 13.3. The van der Waals surface area contributed by atoms with Gasteiger partial charge >= 0.3 is 0 Å². The molecule has 12 unspecified atom stereocenters. The molecule has 10 aliphatic heterocycles. The summed E-state index contributed by atoms with van der Waals surface area (Å²) in [6.07, 6.45) is 0. The van der Waals surface area contributed by atoms with Crippen LogP contribution >= 0.6 is 0 Å². The van der Waals surface area contributed by atoms with E-state index in [-0.39, 0.29) is 0 Å². The van der Waals surface area contributed by atoms with Crippen LogP contribution in [0.4, 0.5) is 0 Å². The van der Waals surface area contributed by atoms with Crippen LogP contribution in [-0.2, 0) is 78.5 Å². The van der Waals surface area contributed by atoms with Crippen molar-refractivity contribution in [3.05, 3.63) is 140 Å². The average Bonchev–Trinajstić information content (AvgIpc) is 4.15. The smallest absolute Gasteiger partial charge is 0.0513 e. The molecular weight excluding hydrogens is 817 g/mol. The molecule has 0 aliphatic carbocycles. The van der Waals surface area contributed by atoms with E-state index in [0.29, 0.717) is 0 Å². The maximum Gasteiger partial charge on any atom is 0.0513 e. The Hall–Kier alpha value is -3.60. The normalized spacial score (nSPS) is 35.3. The molecule has 0 aromatic heterocycles. The summed E-state index contributed by atoms with van der Waals surface area (Å²) in [5, 5.41) is 0. The van der Waals surface area contributed by atoms with Crippen LogP contribution in [0.1, 0.15) is 66.8 Å². The Morgan fingerprint density at radius 3 is 0.333 bits per heavy atom. The summed E-state index contributed by atoms with van der Waals surface area (Å²) >= 11 is 0. The van der Waals surface area contributed by atoms with Gasteiger partial charge in [-0.15, -0.1) is 0 Å². The molecule has 4 aromatic carbocycles. The third-order valence-corrected chi connectivity index (χ3v) is 16.1. The Balaban J connectivity index is 0.917. The van der Waals surface area contributed by atoms with Crippen LogP contribution in [0.15, 0.2) is 72.8 Å². The van der Waals surface area contributed by atoms with E-state index >= 15 is 0 Å². The van der Waals surface area contributed by atoms with Crippen molar-refractivity contribution in [3.63, 3.8) is 0 Å². The van der Waals surface area contributed by atoms with Gasteiger partial charge in [0.2, 0.25) is 0 Å². The van der Waals surface area contributed by atoms with Crippen molar-refractivity contribution in [2.75, 3.05) is 119 Å². The second kappa shape index (κ2) is 18.4. The molecule has 4 aromatic rings. The third-order valence-electron chi connectivity index (χ3n) is 16.1. The lowest BCUT2D eigenvalue weighted by Gasteiger charge is -2.25. The van der Waals surface area contributed by atoms with Gasteiger partial charge in [-0.25, -0.2) is 0 Å². The number of nitrogens with zero attached hydrogens (tertiary/aromatic N) is 12. The van der Waals surface area contributed by atoms with Gasteiger partial charge < -0.3 is 0 Å². The fraction of sp³-hybridized carbons (Fsp3) is 0.556. The first-order chi connectivity index (χ1) is 32.4. The highest BCUT2D eigenvalue weighted by Gasteiger charge is 2.29. The van der Waals surface area contributed by atoms with Crippen LogP contribution in [0.2, 0.25) is 0 Å². The summed E-state index contributed by atoms with van der Waals surface area (Å²) in [4.78, 5) is 32.5. The SMILES string of the molecule is c1c2cc3cc1CN1CCN(Cc4cc5cc(c4)CN4CCN(Cc6cc(cc(c6)CN6CCN(Cc7cc(cc(c7)CN7CCN(C5)C7)CN5CCN(C2)C5)C6)CN2CCN(C3)C2)C4)C1. The highest BCUT2D eigenvalue weighted by molar-refractivity contribution is 5.35. The zero-order valence-corrected chi connectivity index (χ0v) is 39.5. The Kier molecular flexibility index (Phi) is 11.8. The van der Waals surface area contributed by atoms with Gasteiger partial charge in [-0.2, -0.15) is 0 Å². The molecule has 12 nitrogen and oxygen atoms in total. The molecule has 6 fully saturated rings. The van der Waals surface area contributed by atoms with Crippen molar-refractivity contribution < 1.29 is 0 Å². The largest absolute Gasteiger partial charge is 0.285 e. The molecule has 66 heavy (non-hydrogen) atoms. The van der Waals surface area contributed by atoms with Gasteiger partial charge in [0.05, 0.1) is 40.0 Å². The predicted molar refractivity (Wildman–Crippen MR) is 260 cm³/mol. The van der Waals surface area contributed by atoms with E-state index in [2.05, 4.69) is 132 Å². The summed E-state index contributed by atoms with van der Waals surface area (Å²) in [5.41, 5.74) is 17.8. The van der Waals surface area contributed by atoms with Crippen LogP contribution in [0, 0.1) is 0 Å². The van der Waals surface area contributed by atoms with Gasteiger partial charge in [-0.1, -0.05) is 72.8 Å². The van der Waals surface area contributed by atoms with Gasteiger partial charge in [0, 0.05) is 157 Å². The van der Waals surface area contributed by atoms with Gasteiger partial charge in [0.1, 0.15) is 0 Å². The van der Waals surface area contributed by atoms with Crippen molar-refractivity contribution >= 4 is 0 Å². The second-order valence-corrected chi connectivity index (χ2v) is 22.1. The highest BCUT2D eigenvalue weighted by atomic mass is 15.4. The summed E-state index contributed by atoms with van der Waals surface area (Å²) < 4.78 is 0. The molecule has 6 saturated heterocycles. The molecule has 12 atom stereocenters. The molecular formula is C54H72N12. The molecule has 348 valence electrons. The minimum atomic E-state index is 1.02. The average molecular weight is 889 g/mol. The summed E-state index contributed by atoms with van der Waals surface area (Å²) in [7, 11) is 0. The van der Waals surface area contributed by atoms with Crippen molar-refractivity contribution in [2.24, 2.45) is 0 Å². The zero-order chi connectivity index (χ0) is 43.6. The number of hydrogen-bond donors (Lipinski definition) is 0. The molecule has 10 heterocycles. The van der Waals surface area contributed by atoms with E-state index in [1.54, 1.807) is 0 Å². The maximum absolute atomic E-state index is 2.71. The van der Waals surface area contributed by atoms with Crippen molar-refractivity contribution in [1.82, 2.24) is 58.8 Å². The van der Waals surface area contributed by atoms with E-state index < -0.39 is 0 Å². The number of benzene rings is 4. The van der Waals surface area contributed by atoms with Crippen LogP contribution in [0.3, 0.4) is 0 Å². The summed E-state index contributed by atoms with van der Waals surface area (Å²) in [5.74, 6) is 0. The molecule has 12 heteroatoms. The van der Waals surface area contributed by atoms with Crippen molar-refractivity contribution in [1.29, 1.82) is 0 Å². The first kappa shape index (κ1) is 42.5. The van der Waals surface area contributed by atoms with Gasteiger partial charge in [-0.3, -0.25) is 58.8 Å². The minimum absolute atomic E-state index is 1.02. The quantitative estimate of drug-likeness (QED) is 0.254. The lowest BCUT2D eigenvalue weighted by Crippen LogP contribution is -2.28. The number of rotatable bonds is 0. The van der Waals surface area contributed by atoms with Crippen LogP contribution < -0.4 is 0 Å².